The fraction of sp³-hybridized carbons (Fsp3) is 0.417. The molecule has 6 nitrogen and oxygen atoms in total. The van der Waals surface area contributed by atoms with Gasteiger partial charge in [0, 0.05) is 37.9 Å². The highest BCUT2D eigenvalue weighted by atomic mass is 16.5. The van der Waals surface area contributed by atoms with Gasteiger partial charge in [-0.3, -0.25) is 9.59 Å². The average molecular weight is 408 g/mol. The highest BCUT2D eigenvalue weighted by molar-refractivity contribution is 5.94. The molecular formula is C24H29N3O3. The van der Waals surface area contributed by atoms with Crippen molar-refractivity contribution in [2.75, 3.05) is 50.1 Å². The molecule has 1 aliphatic heterocycles. The molecule has 1 atom stereocenters. The second-order valence-electron chi connectivity index (χ2n) is 8.08. The number of carbonyl (C=O) groups is 2. The predicted octanol–water partition coefficient (Wildman–Crippen LogP) is 3.04. The maximum atomic E-state index is 12.6. The Bertz CT molecular complexity index is 891. The van der Waals surface area contributed by atoms with Gasteiger partial charge in [0.05, 0.1) is 19.8 Å². The second kappa shape index (κ2) is 9.30. The van der Waals surface area contributed by atoms with Gasteiger partial charge in [-0.1, -0.05) is 24.3 Å². The van der Waals surface area contributed by atoms with E-state index in [1.165, 1.54) is 16.0 Å². The molecule has 0 radical (unpaired) electrons. The fourth-order valence-corrected chi connectivity index (χ4v) is 4.31. The van der Waals surface area contributed by atoms with E-state index in [-0.39, 0.29) is 24.3 Å². The predicted molar refractivity (Wildman–Crippen MR) is 118 cm³/mol. The van der Waals surface area contributed by atoms with Crippen molar-refractivity contribution in [3.63, 3.8) is 0 Å². The van der Waals surface area contributed by atoms with Crippen LogP contribution in [-0.4, -0.2) is 56.6 Å². The number of hydrogen-bond donors (Lipinski definition) is 1. The van der Waals surface area contributed by atoms with E-state index in [0.29, 0.717) is 6.42 Å². The first-order valence-corrected chi connectivity index (χ1v) is 10.6. The maximum absolute atomic E-state index is 12.6. The minimum absolute atomic E-state index is 0.00881. The van der Waals surface area contributed by atoms with Crippen molar-refractivity contribution in [2.45, 2.75) is 25.2 Å². The van der Waals surface area contributed by atoms with Gasteiger partial charge in [0.25, 0.3) is 0 Å². The molecule has 30 heavy (non-hydrogen) atoms. The monoisotopic (exact) mass is 407 g/mol. The summed E-state index contributed by atoms with van der Waals surface area (Å²) in [6.07, 6.45) is 2.48. The first kappa shape index (κ1) is 20.4. The molecule has 1 saturated heterocycles. The van der Waals surface area contributed by atoms with Gasteiger partial charge in [0.1, 0.15) is 0 Å². The van der Waals surface area contributed by atoms with Crippen LogP contribution >= 0.6 is 0 Å². The largest absolute Gasteiger partial charge is 0.378 e. The third-order valence-electron chi connectivity index (χ3n) is 6.01. The molecule has 1 aliphatic carbocycles. The number of morpholine rings is 1. The van der Waals surface area contributed by atoms with Crippen molar-refractivity contribution >= 4 is 23.2 Å². The van der Waals surface area contributed by atoms with E-state index in [1.54, 1.807) is 7.05 Å². The third-order valence-corrected chi connectivity index (χ3v) is 6.01. The van der Waals surface area contributed by atoms with E-state index in [1.807, 2.05) is 36.4 Å². The molecule has 2 aliphatic rings. The van der Waals surface area contributed by atoms with E-state index in [0.717, 1.165) is 50.5 Å². The third kappa shape index (κ3) is 4.82. The van der Waals surface area contributed by atoms with Crippen LogP contribution in [0.1, 0.15) is 29.9 Å². The first-order chi connectivity index (χ1) is 14.6. The van der Waals surface area contributed by atoms with Gasteiger partial charge in [-0.2, -0.15) is 0 Å². The van der Waals surface area contributed by atoms with Crippen LogP contribution in [0.4, 0.5) is 11.4 Å². The van der Waals surface area contributed by atoms with Crippen molar-refractivity contribution in [1.82, 2.24) is 4.90 Å². The number of benzene rings is 2. The van der Waals surface area contributed by atoms with Crippen LogP contribution in [0.25, 0.3) is 0 Å². The lowest BCUT2D eigenvalue weighted by Crippen LogP contribution is -2.36. The smallest absolute Gasteiger partial charge is 0.243 e. The fourth-order valence-electron chi connectivity index (χ4n) is 4.31. The zero-order chi connectivity index (χ0) is 20.9. The number of nitrogens with zero attached hydrogens (tertiary/aromatic N) is 2. The highest BCUT2D eigenvalue weighted by Gasteiger charge is 2.26. The Morgan fingerprint density at radius 1 is 1.10 bits per heavy atom. The topological polar surface area (TPSA) is 61.9 Å². The molecule has 2 aromatic carbocycles. The molecular weight excluding hydrogens is 378 g/mol. The Morgan fingerprint density at radius 3 is 2.60 bits per heavy atom. The number of hydrogen-bond acceptors (Lipinski definition) is 4. The van der Waals surface area contributed by atoms with Gasteiger partial charge >= 0.3 is 0 Å². The summed E-state index contributed by atoms with van der Waals surface area (Å²) in [6.45, 7) is 3.29. The molecule has 0 aromatic heterocycles. The van der Waals surface area contributed by atoms with E-state index in [2.05, 4.69) is 22.3 Å². The summed E-state index contributed by atoms with van der Waals surface area (Å²) in [7, 11) is 1.70. The lowest BCUT2D eigenvalue weighted by molar-refractivity contribution is -0.133. The van der Waals surface area contributed by atoms with Crippen molar-refractivity contribution < 1.29 is 14.3 Å². The zero-order valence-electron chi connectivity index (χ0n) is 17.5. The lowest BCUT2D eigenvalue weighted by Gasteiger charge is -2.28. The van der Waals surface area contributed by atoms with Crippen LogP contribution in [0.2, 0.25) is 0 Å². The first-order valence-electron chi connectivity index (χ1n) is 10.6. The number of aryl methyl sites for hydroxylation is 1. The van der Waals surface area contributed by atoms with Crippen molar-refractivity contribution in [3.05, 3.63) is 59.7 Å². The van der Waals surface area contributed by atoms with Gasteiger partial charge < -0.3 is 19.9 Å². The highest BCUT2D eigenvalue weighted by Crippen LogP contribution is 2.35. The lowest BCUT2D eigenvalue weighted by atomic mass is 9.97. The number of likely N-dealkylation sites (N-methyl/N-ethyl adjacent to an activating group) is 1. The van der Waals surface area contributed by atoms with Gasteiger partial charge in [0.2, 0.25) is 11.8 Å². The molecule has 2 amide bonds. The van der Waals surface area contributed by atoms with Gasteiger partial charge in [-0.15, -0.1) is 0 Å². The minimum Gasteiger partial charge on any atom is -0.378 e. The summed E-state index contributed by atoms with van der Waals surface area (Å²) in [5.74, 6) is 0.0817. The molecule has 158 valence electrons. The van der Waals surface area contributed by atoms with Crippen LogP contribution in [0.15, 0.2) is 48.5 Å². The summed E-state index contributed by atoms with van der Waals surface area (Å²) in [5, 5.41) is 2.89. The average Bonchev–Trinajstić information content (AvgIpc) is 3.17. The molecule has 1 unspecified atom stereocenters. The van der Waals surface area contributed by atoms with Gasteiger partial charge in [0.15, 0.2) is 0 Å². The van der Waals surface area contributed by atoms with E-state index in [9.17, 15) is 9.59 Å². The van der Waals surface area contributed by atoms with Crippen LogP contribution in [0.5, 0.6) is 0 Å². The van der Waals surface area contributed by atoms with Gasteiger partial charge in [-0.05, 0) is 54.2 Å². The Hall–Kier alpha value is -2.86. The molecule has 0 saturated carbocycles. The number of ether oxygens (including phenoxy) is 1. The van der Waals surface area contributed by atoms with E-state index in [4.69, 9.17) is 4.74 Å². The van der Waals surface area contributed by atoms with Crippen LogP contribution in [0, 0.1) is 0 Å². The molecule has 6 heteroatoms. The van der Waals surface area contributed by atoms with Crippen molar-refractivity contribution in [1.29, 1.82) is 0 Å². The van der Waals surface area contributed by atoms with E-state index < -0.39 is 0 Å². The summed E-state index contributed by atoms with van der Waals surface area (Å²) < 4.78 is 5.38. The van der Waals surface area contributed by atoms with Crippen molar-refractivity contribution in [3.8, 4) is 0 Å². The number of fused-ring (bicyclic) bond motifs is 1. The molecule has 0 spiro atoms. The Morgan fingerprint density at radius 2 is 1.83 bits per heavy atom. The quantitative estimate of drug-likeness (QED) is 0.800. The minimum atomic E-state index is -0.184. The summed E-state index contributed by atoms with van der Waals surface area (Å²) in [6, 6.07) is 16.2. The van der Waals surface area contributed by atoms with E-state index >= 15 is 0 Å². The summed E-state index contributed by atoms with van der Waals surface area (Å²) >= 11 is 0. The molecule has 2 aromatic rings. The zero-order valence-corrected chi connectivity index (χ0v) is 17.5. The Kier molecular flexibility index (Phi) is 6.33. The maximum Gasteiger partial charge on any atom is 0.243 e. The SMILES string of the molecule is CN(CC(=O)Nc1ccc(N2CCOCC2)cc1)C(=O)CC1CCc2ccccc21. The second-order valence-corrected chi connectivity index (χ2v) is 8.08. The number of carbonyl (C=O) groups excluding carboxylic acids is 2. The molecule has 1 heterocycles. The Labute approximate surface area is 177 Å². The number of nitrogens with one attached hydrogen (secondary N) is 1. The molecule has 1 N–H and O–H groups in total. The summed E-state index contributed by atoms with van der Waals surface area (Å²) in [5.41, 5.74) is 4.49. The van der Waals surface area contributed by atoms with Crippen LogP contribution in [0.3, 0.4) is 0 Å². The molecule has 1 fully saturated rings. The van der Waals surface area contributed by atoms with Crippen LogP contribution < -0.4 is 10.2 Å². The standard InChI is InChI=1S/C24H29N3O3/c1-26(24(29)16-19-7-6-18-4-2-3-5-22(18)19)17-23(28)25-20-8-10-21(11-9-20)27-12-14-30-15-13-27/h2-5,8-11,19H,6-7,12-17H2,1H3,(H,25,28). The number of rotatable bonds is 6. The van der Waals surface area contributed by atoms with Crippen LogP contribution in [-0.2, 0) is 20.7 Å². The van der Waals surface area contributed by atoms with Gasteiger partial charge in [-0.25, -0.2) is 0 Å². The normalized spacial score (nSPS) is 18.0. The Balaban J connectivity index is 1.27. The molecule has 0 bridgehead atoms. The van der Waals surface area contributed by atoms with Crippen molar-refractivity contribution in [2.24, 2.45) is 0 Å². The summed E-state index contributed by atoms with van der Waals surface area (Å²) in [4.78, 5) is 28.9. The number of anilines is 2. The number of amides is 2. The molecule has 4 rings (SSSR count).